The molecule has 0 radical (unpaired) electrons. The minimum atomic E-state index is 0.524. The van der Waals surface area contributed by atoms with Crippen molar-refractivity contribution in [2.45, 2.75) is 20.3 Å². The number of rotatable bonds is 6. The molecule has 4 nitrogen and oxygen atoms in total. The van der Waals surface area contributed by atoms with Gasteiger partial charge in [0.15, 0.2) is 0 Å². The minimum Gasteiger partial charge on any atom is -0.393 e. The lowest BCUT2D eigenvalue weighted by molar-refractivity contribution is 0.604. The summed E-state index contributed by atoms with van der Waals surface area (Å²) in [6, 6.07) is 0. The van der Waals surface area contributed by atoms with Crippen molar-refractivity contribution in [3.63, 3.8) is 0 Å². The molecule has 1 aromatic rings. The van der Waals surface area contributed by atoms with Gasteiger partial charge in [0.25, 0.3) is 0 Å². The summed E-state index contributed by atoms with van der Waals surface area (Å²) in [6.45, 7) is 5.97. The topological polar surface area (TPSA) is 55.0 Å². The standard InChI is InChI=1S/C11H17BrN4S/c1-8(2)7-16(4-3-10(13)17)11-14-5-9(12)6-15-11/h5-6,8H,3-4,7H2,1-2H3,(H2,13,17). The van der Waals surface area contributed by atoms with Crippen molar-refractivity contribution in [2.24, 2.45) is 11.7 Å². The second-order valence-electron chi connectivity index (χ2n) is 4.26. The quantitative estimate of drug-likeness (QED) is 0.817. The van der Waals surface area contributed by atoms with Gasteiger partial charge >= 0.3 is 0 Å². The van der Waals surface area contributed by atoms with Crippen LogP contribution in [0.5, 0.6) is 0 Å². The largest absolute Gasteiger partial charge is 0.393 e. The second kappa shape index (κ2) is 6.86. The molecule has 0 saturated carbocycles. The zero-order valence-electron chi connectivity index (χ0n) is 10.1. The maximum absolute atomic E-state index is 5.53. The fourth-order valence-corrected chi connectivity index (χ4v) is 1.72. The van der Waals surface area contributed by atoms with Crippen LogP contribution in [0.2, 0.25) is 0 Å². The highest BCUT2D eigenvalue weighted by Crippen LogP contribution is 2.13. The van der Waals surface area contributed by atoms with Gasteiger partial charge in [-0.3, -0.25) is 0 Å². The van der Waals surface area contributed by atoms with E-state index in [9.17, 15) is 0 Å². The van der Waals surface area contributed by atoms with Crippen molar-refractivity contribution in [2.75, 3.05) is 18.0 Å². The van der Waals surface area contributed by atoms with Gasteiger partial charge in [0.05, 0.1) is 9.46 Å². The van der Waals surface area contributed by atoms with Gasteiger partial charge in [-0.05, 0) is 21.8 Å². The maximum atomic E-state index is 5.53. The Kier molecular flexibility index (Phi) is 5.77. The molecule has 6 heteroatoms. The third kappa shape index (κ3) is 5.41. The lowest BCUT2D eigenvalue weighted by atomic mass is 10.2. The zero-order valence-corrected chi connectivity index (χ0v) is 12.5. The van der Waals surface area contributed by atoms with Gasteiger partial charge in [-0.1, -0.05) is 26.1 Å². The molecule has 0 aliphatic rings. The normalized spacial score (nSPS) is 10.6. The third-order valence-electron chi connectivity index (χ3n) is 2.10. The fourth-order valence-electron chi connectivity index (χ4n) is 1.43. The Morgan fingerprint density at radius 3 is 2.53 bits per heavy atom. The van der Waals surface area contributed by atoms with Crippen LogP contribution in [0.25, 0.3) is 0 Å². The first kappa shape index (κ1) is 14.3. The van der Waals surface area contributed by atoms with Crippen molar-refractivity contribution in [3.8, 4) is 0 Å². The molecule has 1 aromatic heterocycles. The number of nitrogens with two attached hydrogens (primary N) is 1. The highest BCUT2D eigenvalue weighted by Gasteiger charge is 2.11. The van der Waals surface area contributed by atoms with E-state index in [0.29, 0.717) is 17.3 Å². The van der Waals surface area contributed by atoms with E-state index in [2.05, 4.69) is 44.6 Å². The van der Waals surface area contributed by atoms with E-state index >= 15 is 0 Å². The number of nitrogens with zero attached hydrogens (tertiary/aromatic N) is 3. The first-order valence-electron chi connectivity index (χ1n) is 5.50. The summed E-state index contributed by atoms with van der Waals surface area (Å²) < 4.78 is 0.875. The van der Waals surface area contributed by atoms with Crippen molar-refractivity contribution in [1.82, 2.24) is 9.97 Å². The van der Waals surface area contributed by atoms with E-state index in [1.165, 1.54) is 0 Å². The Morgan fingerprint density at radius 2 is 2.06 bits per heavy atom. The van der Waals surface area contributed by atoms with Crippen molar-refractivity contribution in [3.05, 3.63) is 16.9 Å². The molecule has 2 N–H and O–H groups in total. The molecule has 0 aliphatic carbocycles. The second-order valence-corrected chi connectivity index (χ2v) is 5.70. The lowest BCUT2D eigenvalue weighted by Crippen LogP contribution is -2.32. The Bertz CT molecular complexity index is 366. The Balaban J connectivity index is 2.74. The predicted molar refractivity (Wildman–Crippen MR) is 78.2 cm³/mol. The summed E-state index contributed by atoms with van der Waals surface area (Å²) in [4.78, 5) is 11.2. The van der Waals surface area contributed by atoms with Gasteiger partial charge in [-0.25, -0.2) is 9.97 Å². The predicted octanol–water partition coefficient (Wildman–Crippen LogP) is 2.38. The van der Waals surface area contributed by atoms with Crippen LogP contribution in [0.1, 0.15) is 20.3 Å². The average Bonchev–Trinajstić information content (AvgIpc) is 2.25. The van der Waals surface area contributed by atoms with Gasteiger partial charge in [0.2, 0.25) is 5.95 Å². The maximum Gasteiger partial charge on any atom is 0.225 e. The molecule has 0 atom stereocenters. The number of thiocarbonyl (C=S) groups is 1. The molecular formula is C11H17BrN4S. The van der Waals surface area contributed by atoms with E-state index in [4.69, 9.17) is 18.0 Å². The van der Waals surface area contributed by atoms with Gasteiger partial charge in [0.1, 0.15) is 0 Å². The Hall–Kier alpha value is -0.750. The van der Waals surface area contributed by atoms with Gasteiger partial charge in [-0.15, -0.1) is 0 Å². The summed E-state index contributed by atoms with van der Waals surface area (Å²) in [5.74, 6) is 1.26. The molecule has 94 valence electrons. The van der Waals surface area contributed by atoms with Gasteiger partial charge in [0, 0.05) is 31.9 Å². The SMILES string of the molecule is CC(C)CN(CCC(N)=S)c1ncc(Br)cn1. The van der Waals surface area contributed by atoms with Crippen LogP contribution in [0, 0.1) is 5.92 Å². The highest BCUT2D eigenvalue weighted by molar-refractivity contribution is 9.10. The zero-order chi connectivity index (χ0) is 12.8. The number of hydrogen-bond acceptors (Lipinski definition) is 4. The molecule has 0 unspecified atom stereocenters. The summed E-state index contributed by atoms with van der Waals surface area (Å²) in [5.41, 5.74) is 5.53. The number of hydrogen-bond donors (Lipinski definition) is 1. The van der Waals surface area contributed by atoms with Gasteiger partial charge in [-0.2, -0.15) is 0 Å². The Morgan fingerprint density at radius 1 is 1.47 bits per heavy atom. The number of halogens is 1. The summed E-state index contributed by atoms with van der Waals surface area (Å²) in [6.07, 6.45) is 4.17. The molecule has 0 aliphatic heterocycles. The minimum absolute atomic E-state index is 0.524. The summed E-state index contributed by atoms with van der Waals surface area (Å²) in [5, 5.41) is 0. The van der Waals surface area contributed by atoms with Crippen LogP contribution in [-0.2, 0) is 0 Å². The first-order chi connectivity index (χ1) is 7.99. The van der Waals surface area contributed by atoms with E-state index in [0.717, 1.165) is 23.5 Å². The number of anilines is 1. The molecule has 1 heterocycles. The Labute approximate surface area is 116 Å². The van der Waals surface area contributed by atoms with Crippen LogP contribution in [0.4, 0.5) is 5.95 Å². The lowest BCUT2D eigenvalue weighted by Gasteiger charge is -2.24. The van der Waals surface area contributed by atoms with Crippen molar-refractivity contribution < 1.29 is 0 Å². The summed E-state index contributed by atoms with van der Waals surface area (Å²) >= 11 is 8.22. The fraction of sp³-hybridized carbons (Fsp3) is 0.545. The summed E-state index contributed by atoms with van der Waals surface area (Å²) in [7, 11) is 0. The molecule has 0 fully saturated rings. The molecule has 17 heavy (non-hydrogen) atoms. The van der Waals surface area contributed by atoms with E-state index in [-0.39, 0.29) is 0 Å². The molecule has 0 aromatic carbocycles. The van der Waals surface area contributed by atoms with Gasteiger partial charge < -0.3 is 10.6 Å². The molecule has 0 saturated heterocycles. The first-order valence-corrected chi connectivity index (χ1v) is 6.70. The van der Waals surface area contributed by atoms with E-state index < -0.39 is 0 Å². The van der Waals surface area contributed by atoms with Crippen LogP contribution >= 0.6 is 28.1 Å². The molecule has 1 rings (SSSR count). The van der Waals surface area contributed by atoms with E-state index in [1.54, 1.807) is 12.4 Å². The van der Waals surface area contributed by atoms with Crippen LogP contribution in [0.15, 0.2) is 16.9 Å². The van der Waals surface area contributed by atoms with Crippen LogP contribution in [0.3, 0.4) is 0 Å². The molecule has 0 spiro atoms. The smallest absolute Gasteiger partial charge is 0.225 e. The molecular weight excluding hydrogens is 300 g/mol. The molecule has 0 amide bonds. The van der Waals surface area contributed by atoms with Crippen LogP contribution in [-0.4, -0.2) is 28.0 Å². The van der Waals surface area contributed by atoms with E-state index in [1.807, 2.05) is 0 Å². The van der Waals surface area contributed by atoms with Crippen molar-refractivity contribution in [1.29, 1.82) is 0 Å². The van der Waals surface area contributed by atoms with Crippen LogP contribution < -0.4 is 10.6 Å². The monoisotopic (exact) mass is 316 g/mol. The third-order valence-corrected chi connectivity index (χ3v) is 2.72. The van der Waals surface area contributed by atoms with Crippen molar-refractivity contribution >= 4 is 39.1 Å². The molecule has 0 bridgehead atoms. The highest BCUT2D eigenvalue weighted by atomic mass is 79.9. The average molecular weight is 317 g/mol. The number of aromatic nitrogens is 2.